The first kappa shape index (κ1) is 21.4. The van der Waals surface area contributed by atoms with Gasteiger partial charge in [-0.25, -0.2) is 14.5 Å². The molecule has 1 heterocycles. The molecule has 0 bridgehead atoms. The van der Waals surface area contributed by atoms with Crippen LogP contribution in [0.5, 0.6) is 0 Å². The van der Waals surface area contributed by atoms with E-state index in [1.807, 2.05) is 6.07 Å². The van der Waals surface area contributed by atoms with Crippen molar-refractivity contribution in [1.82, 2.24) is 15.5 Å². The van der Waals surface area contributed by atoms with Crippen LogP contribution in [-0.2, 0) is 14.3 Å². The molecule has 0 spiro atoms. The van der Waals surface area contributed by atoms with Crippen LogP contribution in [0.25, 0.3) is 0 Å². The van der Waals surface area contributed by atoms with E-state index >= 15 is 0 Å². The van der Waals surface area contributed by atoms with Gasteiger partial charge in [0.1, 0.15) is 12.1 Å². The molecule has 8 heteroatoms. The van der Waals surface area contributed by atoms with Crippen molar-refractivity contribution in [2.75, 3.05) is 13.7 Å². The number of rotatable bonds is 9. The van der Waals surface area contributed by atoms with Crippen LogP contribution in [0.15, 0.2) is 30.3 Å². The van der Waals surface area contributed by atoms with E-state index in [-0.39, 0.29) is 11.8 Å². The van der Waals surface area contributed by atoms with Crippen LogP contribution in [0, 0.1) is 5.92 Å². The number of esters is 1. The number of hydrogen-bond acceptors (Lipinski definition) is 5. The van der Waals surface area contributed by atoms with Crippen LogP contribution in [0.1, 0.15) is 43.5 Å². The number of methoxy groups -OCH3 is 1. The van der Waals surface area contributed by atoms with Crippen LogP contribution in [0.2, 0.25) is 0 Å². The minimum Gasteiger partial charge on any atom is -0.467 e. The van der Waals surface area contributed by atoms with E-state index in [9.17, 15) is 19.2 Å². The normalized spacial score (nSPS) is 17.4. The van der Waals surface area contributed by atoms with Gasteiger partial charge in [-0.05, 0) is 37.3 Å². The Hall–Kier alpha value is -2.90. The number of urea groups is 1. The predicted molar refractivity (Wildman–Crippen MR) is 102 cm³/mol. The number of carbonyl (C=O) groups is 4. The average molecular weight is 389 g/mol. The third-order valence-corrected chi connectivity index (χ3v) is 4.65. The van der Waals surface area contributed by atoms with E-state index in [1.54, 1.807) is 38.1 Å². The third kappa shape index (κ3) is 5.09. The highest BCUT2D eigenvalue weighted by Gasteiger charge is 2.45. The summed E-state index contributed by atoms with van der Waals surface area (Å²) in [6, 6.07) is 6.75. The van der Waals surface area contributed by atoms with Gasteiger partial charge in [-0.3, -0.25) is 9.59 Å². The summed E-state index contributed by atoms with van der Waals surface area (Å²) < 4.78 is 4.74. The van der Waals surface area contributed by atoms with Crippen LogP contribution >= 0.6 is 0 Å². The molecule has 28 heavy (non-hydrogen) atoms. The SMILES string of the molecule is COC(=O)C(C(C)C)N1C(=O)NC(CCCCNC(=O)c2ccccc2)C1=O. The summed E-state index contributed by atoms with van der Waals surface area (Å²) in [5.41, 5.74) is 0.596. The van der Waals surface area contributed by atoms with Crippen LogP contribution < -0.4 is 10.6 Å². The van der Waals surface area contributed by atoms with Gasteiger partial charge in [0.25, 0.3) is 11.8 Å². The van der Waals surface area contributed by atoms with E-state index in [0.717, 1.165) is 4.90 Å². The van der Waals surface area contributed by atoms with Gasteiger partial charge < -0.3 is 15.4 Å². The lowest BCUT2D eigenvalue weighted by atomic mass is 10.0. The molecular weight excluding hydrogens is 362 g/mol. The highest BCUT2D eigenvalue weighted by molar-refractivity contribution is 6.07. The van der Waals surface area contributed by atoms with Crippen LogP contribution in [0.4, 0.5) is 4.79 Å². The lowest BCUT2D eigenvalue weighted by Gasteiger charge is -2.26. The Kier molecular flexibility index (Phi) is 7.54. The summed E-state index contributed by atoms with van der Waals surface area (Å²) in [7, 11) is 1.23. The van der Waals surface area contributed by atoms with E-state index in [4.69, 9.17) is 4.74 Å². The molecule has 1 saturated heterocycles. The number of imide groups is 1. The van der Waals surface area contributed by atoms with Crippen LogP contribution in [-0.4, -0.2) is 54.5 Å². The molecule has 2 rings (SSSR count). The van der Waals surface area contributed by atoms with E-state index in [0.29, 0.717) is 31.4 Å². The number of carbonyl (C=O) groups excluding carboxylic acids is 4. The smallest absolute Gasteiger partial charge is 0.329 e. The highest BCUT2D eigenvalue weighted by Crippen LogP contribution is 2.20. The minimum atomic E-state index is -0.937. The van der Waals surface area contributed by atoms with Crippen molar-refractivity contribution in [1.29, 1.82) is 0 Å². The van der Waals surface area contributed by atoms with Gasteiger partial charge in [0.05, 0.1) is 7.11 Å². The highest BCUT2D eigenvalue weighted by atomic mass is 16.5. The number of benzene rings is 1. The molecule has 1 aliphatic rings. The molecule has 0 radical (unpaired) electrons. The lowest BCUT2D eigenvalue weighted by Crippen LogP contribution is -2.49. The maximum Gasteiger partial charge on any atom is 0.329 e. The van der Waals surface area contributed by atoms with E-state index in [2.05, 4.69) is 10.6 Å². The van der Waals surface area contributed by atoms with E-state index < -0.39 is 30.0 Å². The fraction of sp³-hybridized carbons (Fsp3) is 0.500. The molecule has 4 amide bonds. The first-order valence-electron chi connectivity index (χ1n) is 9.41. The molecule has 2 unspecified atom stereocenters. The molecule has 0 saturated carbocycles. The van der Waals surface area contributed by atoms with Crippen molar-refractivity contribution < 1.29 is 23.9 Å². The van der Waals surface area contributed by atoms with Gasteiger partial charge >= 0.3 is 12.0 Å². The Labute approximate surface area is 164 Å². The topological polar surface area (TPSA) is 105 Å². The molecule has 0 aliphatic carbocycles. The van der Waals surface area contributed by atoms with Gasteiger partial charge in [0, 0.05) is 12.1 Å². The van der Waals surface area contributed by atoms with Gasteiger partial charge in [0.2, 0.25) is 0 Å². The zero-order valence-electron chi connectivity index (χ0n) is 16.4. The van der Waals surface area contributed by atoms with Gasteiger partial charge in [-0.1, -0.05) is 32.0 Å². The number of nitrogens with zero attached hydrogens (tertiary/aromatic N) is 1. The standard InChI is InChI=1S/C20H27N3O5/c1-13(2)16(19(26)28-3)23-18(25)15(22-20(23)27)11-7-8-12-21-17(24)14-9-5-4-6-10-14/h4-6,9-10,13,15-16H,7-8,11-12H2,1-3H3,(H,21,24)(H,22,27). The molecule has 2 N–H and O–H groups in total. The third-order valence-electron chi connectivity index (χ3n) is 4.65. The summed E-state index contributed by atoms with van der Waals surface area (Å²) in [5.74, 6) is -1.42. The van der Waals surface area contributed by atoms with Gasteiger partial charge in [0.15, 0.2) is 0 Å². The van der Waals surface area contributed by atoms with Crippen molar-refractivity contribution in [3.8, 4) is 0 Å². The first-order valence-corrected chi connectivity index (χ1v) is 9.41. The largest absolute Gasteiger partial charge is 0.467 e. The fourth-order valence-electron chi connectivity index (χ4n) is 3.17. The van der Waals surface area contributed by atoms with Crippen molar-refractivity contribution in [3.63, 3.8) is 0 Å². The molecule has 1 fully saturated rings. The molecule has 1 aromatic rings. The fourth-order valence-corrected chi connectivity index (χ4v) is 3.17. The van der Waals surface area contributed by atoms with Crippen molar-refractivity contribution in [3.05, 3.63) is 35.9 Å². The number of unbranched alkanes of at least 4 members (excludes halogenated alkanes) is 1. The summed E-state index contributed by atoms with van der Waals surface area (Å²) in [5, 5.41) is 5.46. The average Bonchev–Trinajstić information content (AvgIpc) is 2.96. The molecule has 1 aromatic carbocycles. The first-order chi connectivity index (χ1) is 13.4. The Balaban J connectivity index is 1.80. The number of ether oxygens (including phenoxy) is 1. The maximum atomic E-state index is 12.6. The zero-order valence-corrected chi connectivity index (χ0v) is 16.4. The molecule has 8 nitrogen and oxygen atoms in total. The summed E-state index contributed by atoms with van der Waals surface area (Å²) in [6.07, 6.45) is 1.75. The Morgan fingerprint density at radius 1 is 1.18 bits per heavy atom. The summed E-state index contributed by atoms with van der Waals surface area (Å²) in [4.78, 5) is 49.7. The maximum absolute atomic E-state index is 12.6. The second-order valence-electron chi connectivity index (χ2n) is 7.04. The second kappa shape index (κ2) is 9.87. The van der Waals surface area contributed by atoms with Crippen molar-refractivity contribution in [2.45, 2.75) is 45.2 Å². The lowest BCUT2D eigenvalue weighted by molar-refractivity contribution is -0.151. The van der Waals surface area contributed by atoms with Gasteiger partial charge in [-0.15, -0.1) is 0 Å². The zero-order chi connectivity index (χ0) is 20.7. The van der Waals surface area contributed by atoms with Crippen LogP contribution in [0.3, 0.4) is 0 Å². The summed E-state index contributed by atoms with van der Waals surface area (Å²) >= 11 is 0. The van der Waals surface area contributed by atoms with Gasteiger partial charge in [-0.2, -0.15) is 0 Å². The van der Waals surface area contributed by atoms with Crippen molar-refractivity contribution in [2.24, 2.45) is 5.92 Å². The second-order valence-corrected chi connectivity index (χ2v) is 7.04. The number of nitrogens with one attached hydrogen (secondary N) is 2. The number of hydrogen-bond donors (Lipinski definition) is 2. The predicted octanol–water partition coefficient (Wildman–Crippen LogP) is 1.70. The molecular formula is C20H27N3O5. The van der Waals surface area contributed by atoms with Crippen molar-refractivity contribution >= 4 is 23.8 Å². The molecule has 1 aliphatic heterocycles. The number of amides is 4. The summed E-state index contributed by atoms with van der Waals surface area (Å²) in [6.45, 7) is 3.98. The Morgan fingerprint density at radius 2 is 1.86 bits per heavy atom. The quantitative estimate of drug-likeness (QED) is 0.380. The monoisotopic (exact) mass is 389 g/mol. The minimum absolute atomic E-state index is 0.144. The molecule has 152 valence electrons. The van der Waals surface area contributed by atoms with E-state index in [1.165, 1.54) is 7.11 Å². The molecule has 2 atom stereocenters. The Bertz CT molecular complexity index is 720. The molecule has 0 aromatic heterocycles. The Morgan fingerprint density at radius 3 is 2.46 bits per heavy atom.